The summed E-state index contributed by atoms with van der Waals surface area (Å²) in [5.74, 6) is 2.66. The van der Waals surface area contributed by atoms with E-state index in [4.69, 9.17) is 9.15 Å². The summed E-state index contributed by atoms with van der Waals surface area (Å²) in [6.07, 6.45) is 6.44. The number of ether oxygens (including phenoxy) is 1. The van der Waals surface area contributed by atoms with Crippen molar-refractivity contribution < 1.29 is 9.15 Å². The molecule has 3 aromatic heterocycles. The lowest BCUT2D eigenvalue weighted by atomic mass is 10.1. The van der Waals surface area contributed by atoms with E-state index < -0.39 is 0 Å². The van der Waals surface area contributed by atoms with Crippen LogP contribution in [0.4, 0.5) is 0 Å². The number of rotatable bonds is 9. The Labute approximate surface area is 191 Å². The Bertz CT molecular complexity index is 1100. The molecule has 0 aliphatic heterocycles. The molecule has 8 heteroatoms. The maximum absolute atomic E-state index is 5.74. The molecule has 0 spiro atoms. The summed E-state index contributed by atoms with van der Waals surface area (Å²) in [7, 11) is 1.70. The number of benzene rings is 1. The Morgan fingerprint density at radius 2 is 2.06 bits per heavy atom. The Balaban J connectivity index is 1.55. The van der Waals surface area contributed by atoms with E-state index in [1.807, 2.05) is 24.3 Å². The van der Waals surface area contributed by atoms with Crippen LogP contribution >= 0.6 is 11.3 Å². The van der Waals surface area contributed by atoms with Crippen LogP contribution in [0.2, 0.25) is 0 Å². The van der Waals surface area contributed by atoms with Gasteiger partial charge in [0, 0.05) is 11.4 Å². The molecule has 32 heavy (non-hydrogen) atoms. The minimum Gasteiger partial charge on any atom is -0.497 e. The second kappa shape index (κ2) is 9.67. The van der Waals surface area contributed by atoms with Crippen LogP contribution in [0.15, 0.2) is 64.6 Å². The van der Waals surface area contributed by atoms with Gasteiger partial charge in [-0.1, -0.05) is 31.0 Å². The molecule has 7 nitrogen and oxygen atoms in total. The summed E-state index contributed by atoms with van der Waals surface area (Å²) in [6.45, 7) is 1.35. The van der Waals surface area contributed by atoms with Gasteiger partial charge in [-0.25, -0.2) is 4.68 Å². The lowest BCUT2D eigenvalue weighted by Gasteiger charge is -2.30. The normalized spacial score (nSPS) is 15.4. The molecule has 4 aromatic rings. The zero-order valence-electron chi connectivity index (χ0n) is 18.1. The van der Waals surface area contributed by atoms with Gasteiger partial charge in [0.1, 0.15) is 17.6 Å². The van der Waals surface area contributed by atoms with Gasteiger partial charge in [0.2, 0.25) is 0 Å². The SMILES string of the molecule is COc1cccc(CN(Cc2ccco2)[C@H](c2cccs2)c2nnnn2C2CCCC2)c1. The number of hydrogen-bond donors (Lipinski definition) is 0. The fourth-order valence-electron chi connectivity index (χ4n) is 4.55. The predicted molar refractivity (Wildman–Crippen MR) is 122 cm³/mol. The third-order valence-corrected chi connectivity index (χ3v) is 6.99. The van der Waals surface area contributed by atoms with Crippen molar-refractivity contribution in [2.45, 2.75) is 50.9 Å². The number of aromatic nitrogens is 4. The van der Waals surface area contributed by atoms with Gasteiger partial charge < -0.3 is 9.15 Å². The van der Waals surface area contributed by atoms with Gasteiger partial charge in [0.05, 0.1) is 26.0 Å². The quantitative estimate of drug-likeness (QED) is 0.348. The summed E-state index contributed by atoms with van der Waals surface area (Å²) in [5, 5.41) is 15.2. The van der Waals surface area contributed by atoms with Crippen LogP contribution in [-0.4, -0.2) is 32.2 Å². The first kappa shape index (κ1) is 20.9. The molecule has 0 amide bonds. The molecule has 1 atom stereocenters. The van der Waals surface area contributed by atoms with E-state index in [-0.39, 0.29) is 6.04 Å². The van der Waals surface area contributed by atoms with E-state index in [0.717, 1.165) is 35.7 Å². The Hall–Kier alpha value is -2.97. The van der Waals surface area contributed by atoms with Crippen molar-refractivity contribution in [3.8, 4) is 5.75 Å². The minimum atomic E-state index is -0.0816. The second-order valence-electron chi connectivity index (χ2n) is 8.17. The topological polar surface area (TPSA) is 69.2 Å². The van der Waals surface area contributed by atoms with Gasteiger partial charge in [-0.2, -0.15) is 0 Å². The molecule has 0 radical (unpaired) electrons. The molecule has 1 saturated carbocycles. The van der Waals surface area contributed by atoms with Gasteiger partial charge >= 0.3 is 0 Å². The molecule has 0 saturated heterocycles. The molecule has 1 aliphatic carbocycles. The van der Waals surface area contributed by atoms with Crippen molar-refractivity contribution >= 4 is 11.3 Å². The highest BCUT2D eigenvalue weighted by Gasteiger charge is 2.32. The molecule has 166 valence electrons. The average Bonchev–Trinajstić information content (AvgIpc) is 3.62. The first-order valence-electron chi connectivity index (χ1n) is 11.0. The second-order valence-corrected chi connectivity index (χ2v) is 9.15. The standard InChI is InChI=1S/C24H27N5O2S/c1-30-20-10-4-7-18(15-20)16-28(17-21-11-5-13-31-21)23(22-12-6-14-32-22)24-25-26-27-29(24)19-8-2-3-9-19/h4-7,10-15,19,23H,2-3,8-9,16-17H2,1H3/t23-/m1/s1. The number of methoxy groups -OCH3 is 1. The maximum Gasteiger partial charge on any atom is 0.174 e. The summed E-state index contributed by atoms with van der Waals surface area (Å²) >= 11 is 1.73. The Morgan fingerprint density at radius 3 is 2.81 bits per heavy atom. The van der Waals surface area contributed by atoms with Crippen molar-refractivity contribution in [3.63, 3.8) is 0 Å². The maximum atomic E-state index is 5.74. The van der Waals surface area contributed by atoms with Gasteiger partial charge in [0.25, 0.3) is 0 Å². The molecular formula is C24H27N5O2S. The van der Waals surface area contributed by atoms with Crippen LogP contribution in [0.1, 0.15) is 59.8 Å². The van der Waals surface area contributed by atoms with Crippen LogP contribution in [-0.2, 0) is 13.1 Å². The molecule has 1 aromatic carbocycles. The van der Waals surface area contributed by atoms with Crippen LogP contribution in [0, 0.1) is 0 Å². The van der Waals surface area contributed by atoms with Gasteiger partial charge in [-0.3, -0.25) is 4.90 Å². The number of hydrogen-bond acceptors (Lipinski definition) is 7. The monoisotopic (exact) mass is 449 g/mol. The highest BCUT2D eigenvalue weighted by atomic mass is 32.1. The summed E-state index contributed by atoms with van der Waals surface area (Å²) in [5.41, 5.74) is 1.16. The Kier molecular flexibility index (Phi) is 6.31. The molecule has 1 aliphatic rings. The molecule has 0 unspecified atom stereocenters. The number of furan rings is 1. The molecule has 1 fully saturated rings. The fraction of sp³-hybridized carbons (Fsp3) is 0.375. The predicted octanol–water partition coefficient (Wildman–Crippen LogP) is 5.24. The van der Waals surface area contributed by atoms with E-state index in [2.05, 4.69) is 54.8 Å². The van der Waals surface area contributed by atoms with Crippen molar-refractivity contribution in [1.82, 2.24) is 25.1 Å². The molecule has 0 bridgehead atoms. The van der Waals surface area contributed by atoms with E-state index in [0.29, 0.717) is 19.1 Å². The van der Waals surface area contributed by atoms with E-state index >= 15 is 0 Å². The minimum absolute atomic E-state index is 0.0816. The van der Waals surface area contributed by atoms with E-state index in [1.165, 1.54) is 17.7 Å². The van der Waals surface area contributed by atoms with Gasteiger partial charge in [0.15, 0.2) is 5.82 Å². The number of nitrogens with zero attached hydrogens (tertiary/aromatic N) is 5. The molecule has 3 heterocycles. The summed E-state index contributed by atoms with van der Waals surface area (Å²) in [6, 6.07) is 16.7. The summed E-state index contributed by atoms with van der Waals surface area (Å²) in [4.78, 5) is 3.60. The lowest BCUT2D eigenvalue weighted by Crippen LogP contribution is -2.31. The zero-order valence-corrected chi connectivity index (χ0v) is 18.9. The first-order valence-corrected chi connectivity index (χ1v) is 11.9. The van der Waals surface area contributed by atoms with Gasteiger partial charge in [-0.05, 0) is 64.5 Å². The van der Waals surface area contributed by atoms with Crippen LogP contribution in [0.3, 0.4) is 0 Å². The number of tetrazole rings is 1. The van der Waals surface area contributed by atoms with Crippen molar-refractivity contribution in [2.75, 3.05) is 7.11 Å². The van der Waals surface area contributed by atoms with Crippen molar-refractivity contribution in [2.24, 2.45) is 0 Å². The average molecular weight is 450 g/mol. The van der Waals surface area contributed by atoms with Gasteiger partial charge in [-0.15, -0.1) is 16.4 Å². The highest BCUT2D eigenvalue weighted by molar-refractivity contribution is 7.10. The zero-order chi connectivity index (χ0) is 21.8. The largest absolute Gasteiger partial charge is 0.497 e. The summed E-state index contributed by atoms with van der Waals surface area (Å²) < 4.78 is 13.3. The third-order valence-electron chi connectivity index (χ3n) is 6.07. The molecule has 5 rings (SSSR count). The van der Waals surface area contributed by atoms with E-state index in [1.54, 1.807) is 24.7 Å². The third kappa shape index (κ3) is 4.47. The molecular weight excluding hydrogens is 422 g/mol. The highest BCUT2D eigenvalue weighted by Crippen LogP contribution is 2.37. The number of thiophene rings is 1. The van der Waals surface area contributed by atoms with E-state index in [9.17, 15) is 0 Å². The fourth-order valence-corrected chi connectivity index (χ4v) is 5.41. The molecule has 0 N–H and O–H groups in total. The first-order chi connectivity index (χ1) is 15.8. The van der Waals surface area contributed by atoms with Crippen LogP contribution in [0.5, 0.6) is 5.75 Å². The van der Waals surface area contributed by atoms with Crippen molar-refractivity contribution in [1.29, 1.82) is 0 Å². The van der Waals surface area contributed by atoms with Crippen molar-refractivity contribution in [3.05, 3.63) is 82.2 Å². The van der Waals surface area contributed by atoms with Crippen LogP contribution in [0.25, 0.3) is 0 Å². The van der Waals surface area contributed by atoms with Crippen LogP contribution < -0.4 is 4.74 Å². The lowest BCUT2D eigenvalue weighted by molar-refractivity contribution is 0.179. The smallest absolute Gasteiger partial charge is 0.174 e. The Morgan fingerprint density at radius 1 is 1.16 bits per heavy atom.